The Kier molecular flexibility index (Phi) is 4.88. The predicted octanol–water partition coefficient (Wildman–Crippen LogP) is 4.70. The number of hydrogen-bond acceptors (Lipinski definition) is 2. The number of hydrogen-bond donors (Lipinski definition) is 1. The van der Waals surface area contributed by atoms with Crippen molar-refractivity contribution in [3.05, 3.63) is 59.1 Å². The van der Waals surface area contributed by atoms with Crippen molar-refractivity contribution in [2.45, 2.75) is 11.8 Å². The number of halogens is 1. The fourth-order valence-corrected chi connectivity index (χ4v) is 2.67. The van der Waals surface area contributed by atoms with Crippen LogP contribution in [0.25, 0.3) is 0 Å². The molecule has 0 spiro atoms. The van der Waals surface area contributed by atoms with Gasteiger partial charge in [0.05, 0.1) is 16.3 Å². The van der Waals surface area contributed by atoms with E-state index >= 15 is 0 Å². The van der Waals surface area contributed by atoms with Gasteiger partial charge in [-0.25, -0.2) is 0 Å². The number of anilines is 1. The molecular weight excluding hydrogens is 278 g/mol. The van der Waals surface area contributed by atoms with Gasteiger partial charge in [0.1, 0.15) is 0 Å². The van der Waals surface area contributed by atoms with E-state index in [1.807, 2.05) is 36.4 Å². The van der Waals surface area contributed by atoms with Gasteiger partial charge in [-0.3, -0.25) is 4.79 Å². The fraction of sp³-hybridized carbons (Fsp3) is 0.133. The second-order valence-electron chi connectivity index (χ2n) is 3.86. The number of amides is 1. The number of rotatable bonds is 4. The van der Waals surface area contributed by atoms with Crippen LogP contribution in [-0.4, -0.2) is 11.7 Å². The van der Waals surface area contributed by atoms with Crippen LogP contribution in [0.3, 0.4) is 0 Å². The first-order valence-electron chi connectivity index (χ1n) is 6.00. The molecule has 19 heavy (non-hydrogen) atoms. The van der Waals surface area contributed by atoms with Crippen molar-refractivity contribution in [3.63, 3.8) is 0 Å². The Bertz CT molecular complexity index is 586. The molecule has 0 aliphatic rings. The molecule has 0 saturated heterocycles. The number of nitrogens with one attached hydrogen (secondary N) is 1. The van der Waals surface area contributed by atoms with E-state index in [1.165, 1.54) is 0 Å². The molecule has 0 fully saturated rings. The van der Waals surface area contributed by atoms with Crippen molar-refractivity contribution in [1.29, 1.82) is 0 Å². The zero-order valence-corrected chi connectivity index (χ0v) is 12.1. The number of benzene rings is 2. The predicted molar refractivity (Wildman–Crippen MR) is 82.2 cm³/mol. The largest absolute Gasteiger partial charge is 0.321 e. The standard InChI is InChI=1S/C15H14ClNOS/c1-2-19-14-10-6-3-7-11(14)15(18)17-13-9-5-4-8-12(13)16/h3-10H,2H2,1H3,(H,17,18). The van der Waals surface area contributed by atoms with E-state index < -0.39 is 0 Å². The summed E-state index contributed by atoms with van der Waals surface area (Å²) in [5.74, 6) is 0.792. The van der Waals surface area contributed by atoms with Crippen molar-refractivity contribution in [1.82, 2.24) is 0 Å². The zero-order chi connectivity index (χ0) is 13.7. The topological polar surface area (TPSA) is 29.1 Å². The monoisotopic (exact) mass is 291 g/mol. The Labute approximate surface area is 122 Å². The molecular formula is C15H14ClNOS. The van der Waals surface area contributed by atoms with Gasteiger partial charge in [0, 0.05) is 4.90 Å². The lowest BCUT2D eigenvalue weighted by atomic mass is 10.2. The molecule has 98 valence electrons. The molecule has 0 bridgehead atoms. The quantitative estimate of drug-likeness (QED) is 0.827. The minimum atomic E-state index is -0.135. The molecule has 0 unspecified atom stereocenters. The van der Waals surface area contributed by atoms with Crippen molar-refractivity contribution < 1.29 is 4.79 Å². The molecule has 1 N–H and O–H groups in total. The normalized spacial score (nSPS) is 10.2. The van der Waals surface area contributed by atoms with E-state index in [0.717, 1.165) is 10.6 Å². The first-order chi connectivity index (χ1) is 9.22. The first kappa shape index (κ1) is 14.0. The SMILES string of the molecule is CCSc1ccccc1C(=O)Nc1ccccc1Cl. The lowest BCUT2D eigenvalue weighted by molar-refractivity contribution is 0.102. The van der Waals surface area contributed by atoms with Crippen molar-refractivity contribution in [2.24, 2.45) is 0 Å². The van der Waals surface area contributed by atoms with E-state index in [0.29, 0.717) is 16.3 Å². The summed E-state index contributed by atoms with van der Waals surface area (Å²) in [6, 6.07) is 14.8. The minimum absolute atomic E-state index is 0.135. The highest BCUT2D eigenvalue weighted by Gasteiger charge is 2.12. The van der Waals surface area contributed by atoms with Gasteiger partial charge in [-0.1, -0.05) is 42.8 Å². The van der Waals surface area contributed by atoms with E-state index in [2.05, 4.69) is 12.2 Å². The second-order valence-corrected chi connectivity index (χ2v) is 5.58. The third kappa shape index (κ3) is 3.52. The van der Waals surface area contributed by atoms with Crippen LogP contribution in [0.1, 0.15) is 17.3 Å². The van der Waals surface area contributed by atoms with Gasteiger partial charge < -0.3 is 5.32 Å². The number of carbonyl (C=O) groups excluding carboxylic acids is 1. The Balaban J connectivity index is 2.23. The summed E-state index contributed by atoms with van der Waals surface area (Å²) < 4.78 is 0. The molecule has 1 amide bonds. The first-order valence-corrected chi connectivity index (χ1v) is 7.36. The van der Waals surface area contributed by atoms with E-state index in [-0.39, 0.29) is 5.91 Å². The summed E-state index contributed by atoms with van der Waals surface area (Å²) in [4.78, 5) is 13.3. The molecule has 2 rings (SSSR count). The highest BCUT2D eigenvalue weighted by Crippen LogP contribution is 2.25. The molecule has 0 atom stereocenters. The lowest BCUT2D eigenvalue weighted by Crippen LogP contribution is -2.13. The molecule has 0 heterocycles. The summed E-state index contributed by atoms with van der Waals surface area (Å²) in [5, 5.41) is 3.38. The summed E-state index contributed by atoms with van der Waals surface area (Å²) in [7, 11) is 0. The molecule has 2 nitrogen and oxygen atoms in total. The smallest absolute Gasteiger partial charge is 0.256 e. The van der Waals surface area contributed by atoms with Gasteiger partial charge in [0.2, 0.25) is 0 Å². The van der Waals surface area contributed by atoms with Gasteiger partial charge in [0.25, 0.3) is 5.91 Å². The highest BCUT2D eigenvalue weighted by atomic mass is 35.5. The lowest BCUT2D eigenvalue weighted by Gasteiger charge is -2.10. The highest BCUT2D eigenvalue weighted by molar-refractivity contribution is 7.99. The van der Waals surface area contributed by atoms with Crippen molar-refractivity contribution in [3.8, 4) is 0 Å². The van der Waals surface area contributed by atoms with E-state index in [9.17, 15) is 4.79 Å². The Morgan fingerprint density at radius 2 is 1.84 bits per heavy atom. The van der Waals surface area contributed by atoms with Crippen LogP contribution in [-0.2, 0) is 0 Å². The molecule has 0 radical (unpaired) electrons. The average molecular weight is 292 g/mol. The van der Waals surface area contributed by atoms with Crippen LogP contribution in [0, 0.1) is 0 Å². The third-order valence-electron chi connectivity index (χ3n) is 2.55. The van der Waals surface area contributed by atoms with Crippen LogP contribution in [0.15, 0.2) is 53.4 Å². The van der Waals surface area contributed by atoms with Crippen LogP contribution in [0.4, 0.5) is 5.69 Å². The summed E-state index contributed by atoms with van der Waals surface area (Å²) >= 11 is 7.69. The van der Waals surface area contributed by atoms with Crippen LogP contribution >= 0.6 is 23.4 Å². The zero-order valence-electron chi connectivity index (χ0n) is 10.5. The van der Waals surface area contributed by atoms with E-state index in [4.69, 9.17) is 11.6 Å². The second kappa shape index (κ2) is 6.64. The molecule has 2 aromatic carbocycles. The van der Waals surface area contributed by atoms with Crippen LogP contribution < -0.4 is 5.32 Å². The molecule has 0 aliphatic carbocycles. The molecule has 0 aromatic heterocycles. The molecule has 4 heteroatoms. The van der Waals surface area contributed by atoms with Gasteiger partial charge in [-0.2, -0.15) is 0 Å². The summed E-state index contributed by atoms with van der Waals surface area (Å²) in [5.41, 5.74) is 1.31. The molecule has 0 saturated carbocycles. The minimum Gasteiger partial charge on any atom is -0.321 e. The number of carbonyl (C=O) groups is 1. The average Bonchev–Trinajstić information content (AvgIpc) is 2.42. The van der Waals surface area contributed by atoms with E-state index in [1.54, 1.807) is 23.9 Å². The van der Waals surface area contributed by atoms with Crippen molar-refractivity contribution in [2.75, 3.05) is 11.1 Å². The number of para-hydroxylation sites is 1. The van der Waals surface area contributed by atoms with Gasteiger partial charge in [-0.05, 0) is 30.0 Å². The van der Waals surface area contributed by atoms with Gasteiger partial charge >= 0.3 is 0 Å². The summed E-state index contributed by atoms with van der Waals surface area (Å²) in [6.45, 7) is 2.06. The third-order valence-corrected chi connectivity index (χ3v) is 3.84. The molecule has 0 aliphatic heterocycles. The van der Waals surface area contributed by atoms with Gasteiger partial charge in [-0.15, -0.1) is 11.8 Å². The fourth-order valence-electron chi connectivity index (χ4n) is 1.69. The number of thioether (sulfide) groups is 1. The van der Waals surface area contributed by atoms with Gasteiger partial charge in [0.15, 0.2) is 0 Å². The van der Waals surface area contributed by atoms with Crippen LogP contribution in [0.2, 0.25) is 5.02 Å². The Hall–Kier alpha value is -1.45. The van der Waals surface area contributed by atoms with Crippen molar-refractivity contribution >= 4 is 35.0 Å². The van der Waals surface area contributed by atoms with Crippen LogP contribution in [0.5, 0.6) is 0 Å². The maximum atomic E-state index is 12.3. The maximum Gasteiger partial charge on any atom is 0.256 e. The summed E-state index contributed by atoms with van der Waals surface area (Å²) in [6.07, 6.45) is 0. The Morgan fingerprint density at radius 3 is 2.58 bits per heavy atom. The maximum absolute atomic E-state index is 12.3. The Morgan fingerprint density at radius 1 is 1.16 bits per heavy atom. The molecule has 2 aromatic rings.